The maximum Gasteiger partial charge on any atom is 0.124 e. The number of hydrazine groups is 1. The molecule has 0 saturated carbocycles. The second kappa shape index (κ2) is 5.64. The maximum atomic E-state index is 5.60. The highest BCUT2D eigenvalue weighted by Crippen LogP contribution is 2.25. The Hall–Kier alpha value is -1.18. The normalized spacial score (nSPS) is 12.9. The van der Waals surface area contributed by atoms with Gasteiger partial charge in [-0.1, -0.05) is 6.92 Å². The van der Waals surface area contributed by atoms with Crippen molar-refractivity contribution in [1.29, 1.82) is 0 Å². The smallest absolute Gasteiger partial charge is 0.124 e. The minimum atomic E-state index is -0.0589. The lowest BCUT2D eigenvalue weighted by molar-refractivity contribution is 0.508. The van der Waals surface area contributed by atoms with Crippen LogP contribution in [0.4, 0.5) is 0 Å². The first-order chi connectivity index (χ1) is 8.67. The second-order valence-corrected chi connectivity index (χ2v) is 4.88. The van der Waals surface area contributed by atoms with Crippen LogP contribution in [0.1, 0.15) is 30.2 Å². The number of aromatic nitrogens is 4. The Balaban J connectivity index is 2.25. The van der Waals surface area contributed by atoms with Crippen molar-refractivity contribution in [1.82, 2.24) is 25.2 Å². The lowest BCUT2D eigenvalue weighted by atomic mass is 10.1. The first-order valence-electron chi connectivity index (χ1n) is 5.83. The maximum absolute atomic E-state index is 5.60. The quantitative estimate of drug-likeness (QED) is 0.572. The topological polar surface area (TPSA) is 84.6 Å². The van der Waals surface area contributed by atoms with Gasteiger partial charge in [0, 0.05) is 25.9 Å². The minimum absolute atomic E-state index is 0.0589. The summed E-state index contributed by atoms with van der Waals surface area (Å²) in [5.74, 6) is 6.42. The summed E-state index contributed by atoms with van der Waals surface area (Å²) in [7, 11) is 1.94. The van der Waals surface area contributed by atoms with Crippen molar-refractivity contribution in [2.24, 2.45) is 12.9 Å². The van der Waals surface area contributed by atoms with Gasteiger partial charge in [-0.05, 0) is 22.4 Å². The van der Waals surface area contributed by atoms with Gasteiger partial charge in [0.05, 0.1) is 21.9 Å². The fourth-order valence-electron chi connectivity index (χ4n) is 1.94. The highest BCUT2D eigenvalue weighted by atomic mass is 79.9. The molecule has 7 heteroatoms. The summed E-state index contributed by atoms with van der Waals surface area (Å²) in [6.07, 6.45) is 5.12. The van der Waals surface area contributed by atoms with E-state index in [1.807, 2.05) is 11.7 Å². The van der Waals surface area contributed by atoms with Gasteiger partial charge in [-0.25, -0.2) is 10.4 Å². The molecule has 0 fully saturated rings. The lowest BCUT2D eigenvalue weighted by Gasteiger charge is -2.13. The molecule has 0 aliphatic carbocycles. The Bertz CT molecular complexity index is 504. The summed E-state index contributed by atoms with van der Waals surface area (Å²) in [6.45, 7) is 2.09. The van der Waals surface area contributed by atoms with Gasteiger partial charge in [-0.3, -0.25) is 10.5 Å². The minimum Gasteiger partial charge on any atom is -0.347 e. The highest BCUT2D eigenvalue weighted by molar-refractivity contribution is 9.10. The number of hydrogen-bond acceptors (Lipinski definition) is 4. The standard InChI is InChI=1S/C11H17BrN6/c1-3-7-10(12)9(18(2)17-7)6-8(16-13)11-14-4-5-15-11/h4-5,8,16H,3,6,13H2,1-2H3,(H,14,15). The van der Waals surface area contributed by atoms with E-state index in [2.05, 4.69) is 43.3 Å². The van der Waals surface area contributed by atoms with Crippen LogP contribution in [0.25, 0.3) is 0 Å². The van der Waals surface area contributed by atoms with Gasteiger partial charge in [-0.2, -0.15) is 5.10 Å². The van der Waals surface area contributed by atoms with Crippen LogP contribution in [-0.2, 0) is 19.9 Å². The molecule has 0 aromatic carbocycles. The predicted molar refractivity (Wildman–Crippen MR) is 72.6 cm³/mol. The summed E-state index contributed by atoms with van der Waals surface area (Å²) >= 11 is 3.60. The molecule has 2 rings (SSSR count). The second-order valence-electron chi connectivity index (χ2n) is 4.08. The number of nitrogens with zero attached hydrogens (tertiary/aromatic N) is 3. The molecule has 2 heterocycles. The molecule has 0 amide bonds. The number of rotatable bonds is 5. The molecular formula is C11H17BrN6. The first-order valence-corrected chi connectivity index (χ1v) is 6.62. The third kappa shape index (κ3) is 2.47. The van der Waals surface area contributed by atoms with Crippen LogP contribution >= 0.6 is 15.9 Å². The number of nitrogens with one attached hydrogen (secondary N) is 2. The van der Waals surface area contributed by atoms with Crippen LogP contribution in [0.5, 0.6) is 0 Å². The average molecular weight is 313 g/mol. The van der Waals surface area contributed by atoms with Crippen molar-refractivity contribution in [2.45, 2.75) is 25.8 Å². The molecule has 0 spiro atoms. The third-order valence-electron chi connectivity index (χ3n) is 2.95. The molecule has 0 saturated heterocycles. The number of hydrogen-bond donors (Lipinski definition) is 3. The van der Waals surface area contributed by atoms with Gasteiger partial charge in [0.2, 0.25) is 0 Å². The summed E-state index contributed by atoms with van der Waals surface area (Å²) in [4.78, 5) is 7.30. The van der Waals surface area contributed by atoms with Crippen LogP contribution in [0.2, 0.25) is 0 Å². The SMILES string of the molecule is CCc1nn(C)c(CC(NN)c2ncc[nH]2)c1Br. The van der Waals surface area contributed by atoms with Gasteiger partial charge in [-0.15, -0.1) is 0 Å². The van der Waals surface area contributed by atoms with Gasteiger partial charge in [0.15, 0.2) is 0 Å². The molecule has 6 nitrogen and oxygen atoms in total. The summed E-state index contributed by atoms with van der Waals surface area (Å²) < 4.78 is 2.94. The highest BCUT2D eigenvalue weighted by Gasteiger charge is 2.19. The zero-order chi connectivity index (χ0) is 13.1. The van der Waals surface area contributed by atoms with E-state index < -0.39 is 0 Å². The molecule has 4 N–H and O–H groups in total. The van der Waals surface area contributed by atoms with Gasteiger partial charge in [0.25, 0.3) is 0 Å². The van der Waals surface area contributed by atoms with Crippen molar-refractivity contribution in [2.75, 3.05) is 0 Å². The monoisotopic (exact) mass is 312 g/mol. The Kier molecular flexibility index (Phi) is 4.15. The Morgan fingerprint density at radius 3 is 2.89 bits per heavy atom. The third-order valence-corrected chi connectivity index (χ3v) is 3.87. The number of aryl methyl sites for hydroxylation is 2. The van der Waals surface area contributed by atoms with Gasteiger partial charge in [0.1, 0.15) is 5.82 Å². The van der Waals surface area contributed by atoms with Crippen molar-refractivity contribution in [3.63, 3.8) is 0 Å². The molecule has 0 bridgehead atoms. The van der Waals surface area contributed by atoms with Crippen molar-refractivity contribution < 1.29 is 0 Å². The van der Waals surface area contributed by atoms with Crippen molar-refractivity contribution in [3.05, 3.63) is 34.1 Å². The molecule has 2 aromatic rings. The first kappa shape index (κ1) is 13.3. The van der Waals surface area contributed by atoms with E-state index in [-0.39, 0.29) is 6.04 Å². The average Bonchev–Trinajstić information content (AvgIpc) is 2.97. The Labute approximate surface area is 114 Å². The van der Waals surface area contributed by atoms with Crippen LogP contribution in [0.15, 0.2) is 16.9 Å². The van der Waals surface area contributed by atoms with Crippen LogP contribution in [0, 0.1) is 0 Å². The summed E-state index contributed by atoms with van der Waals surface area (Å²) in [6, 6.07) is -0.0589. The number of nitrogens with two attached hydrogens (primary N) is 1. The molecule has 0 aliphatic rings. The predicted octanol–water partition coefficient (Wildman–Crippen LogP) is 1.22. The molecular weight excluding hydrogens is 296 g/mol. The lowest BCUT2D eigenvalue weighted by Crippen LogP contribution is -2.31. The Morgan fingerprint density at radius 2 is 2.39 bits per heavy atom. The summed E-state index contributed by atoms with van der Waals surface area (Å²) in [5, 5.41) is 4.47. The molecule has 1 atom stereocenters. The van der Waals surface area contributed by atoms with Gasteiger partial charge < -0.3 is 4.98 Å². The summed E-state index contributed by atoms with van der Waals surface area (Å²) in [5.41, 5.74) is 4.94. The number of imidazole rings is 1. The van der Waals surface area contributed by atoms with Crippen molar-refractivity contribution >= 4 is 15.9 Å². The number of H-pyrrole nitrogens is 1. The Morgan fingerprint density at radius 1 is 1.61 bits per heavy atom. The molecule has 98 valence electrons. The van der Waals surface area contributed by atoms with Crippen LogP contribution in [-0.4, -0.2) is 19.7 Å². The molecule has 1 unspecified atom stereocenters. The van der Waals surface area contributed by atoms with E-state index in [1.165, 1.54) is 0 Å². The van der Waals surface area contributed by atoms with E-state index in [0.29, 0.717) is 6.42 Å². The van der Waals surface area contributed by atoms with E-state index in [9.17, 15) is 0 Å². The zero-order valence-corrected chi connectivity index (χ0v) is 12.0. The van der Waals surface area contributed by atoms with E-state index in [4.69, 9.17) is 5.84 Å². The molecule has 2 aromatic heterocycles. The fourth-order valence-corrected chi connectivity index (χ4v) is 2.72. The fraction of sp³-hybridized carbons (Fsp3) is 0.455. The van der Waals surface area contributed by atoms with E-state index >= 15 is 0 Å². The van der Waals surface area contributed by atoms with Crippen LogP contribution in [0.3, 0.4) is 0 Å². The molecule has 0 radical (unpaired) electrons. The molecule has 18 heavy (non-hydrogen) atoms. The largest absolute Gasteiger partial charge is 0.347 e. The van der Waals surface area contributed by atoms with E-state index in [1.54, 1.807) is 12.4 Å². The van der Waals surface area contributed by atoms with E-state index in [0.717, 1.165) is 28.1 Å². The van der Waals surface area contributed by atoms with Crippen LogP contribution < -0.4 is 11.3 Å². The number of aromatic amines is 1. The zero-order valence-electron chi connectivity index (χ0n) is 10.4. The van der Waals surface area contributed by atoms with Gasteiger partial charge >= 0.3 is 0 Å². The molecule has 0 aliphatic heterocycles. The van der Waals surface area contributed by atoms with Crippen molar-refractivity contribution in [3.8, 4) is 0 Å². The number of halogens is 1.